The summed E-state index contributed by atoms with van der Waals surface area (Å²) in [7, 11) is 0. The van der Waals surface area contributed by atoms with Gasteiger partial charge in [0.25, 0.3) is 0 Å². The Bertz CT molecular complexity index is 559. The van der Waals surface area contributed by atoms with Crippen molar-refractivity contribution in [3.05, 3.63) is 71.8 Å². The minimum absolute atomic E-state index is 0.0311. The molecule has 2 aromatic carbocycles. The van der Waals surface area contributed by atoms with Gasteiger partial charge in [-0.2, -0.15) is 0 Å². The van der Waals surface area contributed by atoms with Crippen molar-refractivity contribution in [3.8, 4) is 0 Å². The lowest BCUT2D eigenvalue weighted by Crippen LogP contribution is -2.34. The van der Waals surface area contributed by atoms with Crippen LogP contribution in [0.15, 0.2) is 65.7 Å². The second kappa shape index (κ2) is 5.24. The predicted octanol–water partition coefficient (Wildman–Crippen LogP) is 4.62. The van der Waals surface area contributed by atoms with E-state index in [1.807, 2.05) is 0 Å². The van der Waals surface area contributed by atoms with Gasteiger partial charge < -0.3 is 0 Å². The Balaban J connectivity index is 2.22. The average molecular weight is 263 g/mol. The molecule has 1 nitrogen and oxygen atoms in total. The molecule has 3 rings (SSSR count). The molecule has 0 radical (unpaired) electrons. The van der Waals surface area contributed by atoms with Gasteiger partial charge in [0.2, 0.25) is 0 Å². The summed E-state index contributed by atoms with van der Waals surface area (Å²) in [5.74, 6) is 0. The van der Waals surface area contributed by atoms with Crippen LogP contribution in [0.25, 0.3) is 0 Å². The maximum atomic E-state index is 4.93. The fraction of sp³-hybridized carbons (Fsp3) is 0.316. The van der Waals surface area contributed by atoms with Gasteiger partial charge in [-0.05, 0) is 30.9 Å². The van der Waals surface area contributed by atoms with Crippen LogP contribution in [0.2, 0.25) is 0 Å². The number of benzene rings is 2. The molecule has 20 heavy (non-hydrogen) atoms. The molecule has 1 atom stereocenters. The molecule has 1 heterocycles. The highest BCUT2D eigenvalue weighted by atomic mass is 14.9. The average Bonchev–Trinajstić information content (AvgIpc) is 2.87. The lowest BCUT2D eigenvalue weighted by molar-refractivity contribution is 0.591. The van der Waals surface area contributed by atoms with E-state index in [9.17, 15) is 0 Å². The molecule has 0 N–H and O–H groups in total. The first-order valence-corrected chi connectivity index (χ1v) is 7.45. The van der Waals surface area contributed by atoms with E-state index in [1.54, 1.807) is 0 Å². The van der Waals surface area contributed by atoms with E-state index in [-0.39, 0.29) is 5.41 Å². The first kappa shape index (κ1) is 13.1. The molecule has 0 bridgehead atoms. The number of rotatable bonds is 3. The Kier molecular flexibility index (Phi) is 3.43. The Labute approximate surface area is 121 Å². The van der Waals surface area contributed by atoms with Gasteiger partial charge in [0.05, 0.1) is 5.41 Å². The molecular weight excluding hydrogens is 242 g/mol. The van der Waals surface area contributed by atoms with Crippen molar-refractivity contribution in [1.82, 2.24) is 0 Å². The topological polar surface area (TPSA) is 12.4 Å². The van der Waals surface area contributed by atoms with Gasteiger partial charge in [-0.25, -0.2) is 0 Å². The minimum atomic E-state index is -0.0311. The highest BCUT2D eigenvalue weighted by Gasteiger charge is 2.43. The molecule has 1 unspecified atom stereocenters. The SMILES string of the molecule is CCC1=NC(C)CC1(c1ccccc1)c1ccccc1. The van der Waals surface area contributed by atoms with Gasteiger partial charge in [-0.15, -0.1) is 0 Å². The smallest absolute Gasteiger partial charge is 0.0600 e. The van der Waals surface area contributed by atoms with Crippen LogP contribution < -0.4 is 0 Å². The Morgan fingerprint density at radius 1 is 0.950 bits per heavy atom. The largest absolute Gasteiger partial charge is 0.290 e. The summed E-state index contributed by atoms with van der Waals surface area (Å²) in [5.41, 5.74) is 4.03. The maximum absolute atomic E-state index is 4.93. The fourth-order valence-electron chi connectivity index (χ4n) is 3.56. The van der Waals surface area contributed by atoms with Gasteiger partial charge in [-0.1, -0.05) is 67.6 Å². The summed E-state index contributed by atoms with van der Waals surface area (Å²) < 4.78 is 0. The standard InChI is InChI=1S/C19H21N/c1-3-18-19(14-15(2)20-18,16-10-6-4-7-11-16)17-12-8-5-9-13-17/h4-13,15H,3,14H2,1-2H3. The van der Waals surface area contributed by atoms with Crippen LogP contribution >= 0.6 is 0 Å². The number of hydrogen-bond acceptors (Lipinski definition) is 1. The molecule has 0 aromatic heterocycles. The fourth-order valence-corrected chi connectivity index (χ4v) is 3.56. The normalized spacial score (nSPS) is 20.7. The number of nitrogens with zero attached hydrogens (tertiary/aromatic N) is 1. The lowest BCUT2D eigenvalue weighted by Gasteiger charge is -2.32. The van der Waals surface area contributed by atoms with Crippen LogP contribution in [-0.2, 0) is 5.41 Å². The van der Waals surface area contributed by atoms with E-state index >= 15 is 0 Å². The number of hydrogen-bond donors (Lipinski definition) is 0. The molecule has 0 fully saturated rings. The second-order valence-electron chi connectivity index (χ2n) is 5.62. The van der Waals surface area contributed by atoms with Crippen molar-refractivity contribution in [2.24, 2.45) is 4.99 Å². The highest BCUT2D eigenvalue weighted by molar-refractivity contribution is 5.99. The van der Waals surface area contributed by atoms with Crippen LogP contribution in [0, 0.1) is 0 Å². The van der Waals surface area contributed by atoms with E-state index in [4.69, 9.17) is 4.99 Å². The zero-order valence-corrected chi connectivity index (χ0v) is 12.2. The summed E-state index contributed by atoms with van der Waals surface area (Å²) in [4.78, 5) is 4.93. The van der Waals surface area contributed by atoms with Crippen LogP contribution in [0.1, 0.15) is 37.8 Å². The summed E-state index contributed by atoms with van der Waals surface area (Å²) in [5, 5.41) is 0. The van der Waals surface area contributed by atoms with E-state index < -0.39 is 0 Å². The van der Waals surface area contributed by atoms with E-state index in [0.717, 1.165) is 12.8 Å². The molecule has 1 aliphatic heterocycles. The van der Waals surface area contributed by atoms with Crippen molar-refractivity contribution in [2.75, 3.05) is 0 Å². The van der Waals surface area contributed by atoms with Gasteiger partial charge in [-0.3, -0.25) is 4.99 Å². The molecular formula is C19H21N. The van der Waals surface area contributed by atoms with Crippen LogP contribution in [0.3, 0.4) is 0 Å². The minimum Gasteiger partial charge on any atom is -0.290 e. The highest BCUT2D eigenvalue weighted by Crippen LogP contribution is 2.43. The van der Waals surface area contributed by atoms with Crippen molar-refractivity contribution in [1.29, 1.82) is 0 Å². The molecule has 0 spiro atoms. The third kappa shape index (κ3) is 1.98. The van der Waals surface area contributed by atoms with E-state index in [0.29, 0.717) is 6.04 Å². The first-order chi connectivity index (χ1) is 9.77. The zero-order chi connectivity index (χ0) is 14.0. The van der Waals surface area contributed by atoms with E-state index in [2.05, 4.69) is 74.5 Å². The predicted molar refractivity (Wildman–Crippen MR) is 85.5 cm³/mol. The van der Waals surface area contributed by atoms with E-state index in [1.165, 1.54) is 16.8 Å². The quantitative estimate of drug-likeness (QED) is 0.766. The molecule has 0 saturated carbocycles. The molecule has 1 aliphatic rings. The van der Waals surface area contributed by atoms with Crippen molar-refractivity contribution >= 4 is 5.71 Å². The summed E-state index contributed by atoms with van der Waals surface area (Å²) >= 11 is 0. The Morgan fingerprint density at radius 2 is 1.45 bits per heavy atom. The van der Waals surface area contributed by atoms with Crippen molar-refractivity contribution in [2.45, 2.75) is 38.1 Å². The lowest BCUT2D eigenvalue weighted by atomic mass is 9.68. The van der Waals surface area contributed by atoms with Gasteiger partial charge in [0.1, 0.15) is 0 Å². The van der Waals surface area contributed by atoms with Crippen LogP contribution in [-0.4, -0.2) is 11.8 Å². The van der Waals surface area contributed by atoms with Gasteiger partial charge >= 0.3 is 0 Å². The number of aliphatic imine (C=N–C) groups is 1. The molecule has 102 valence electrons. The first-order valence-electron chi connectivity index (χ1n) is 7.45. The molecule has 0 saturated heterocycles. The van der Waals surface area contributed by atoms with Crippen molar-refractivity contribution in [3.63, 3.8) is 0 Å². The second-order valence-corrected chi connectivity index (χ2v) is 5.62. The third-order valence-corrected chi connectivity index (χ3v) is 4.34. The molecule has 0 aliphatic carbocycles. The van der Waals surface area contributed by atoms with Crippen LogP contribution in [0.5, 0.6) is 0 Å². The monoisotopic (exact) mass is 263 g/mol. The Morgan fingerprint density at radius 3 is 1.90 bits per heavy atom. The zero-order valence-electron chi connectivity index (χ0n) is 12.2. The molecule has 1 heteroatoms. The Hall–Kier alpha value is -1.89. The summed E-state index contributed by atoms with van der Waals surface area (Å²) in [6.07, 6.45) is 2.08. The third-order valence-electron chi connectivity index (χ3n) is 4.34. The summed E-state index contributed by atoms with van der Waals surface area (Å²) in [6.45, 7) is 4.45. The summed E-state index contributed by atoms with van der Waals surface area (Å²) in [6, 6.07) is 22.1. The van der Waals surface area contributed by atoms with Crippen LogP contribution in [0.4, 0.5) is 0 Å². The maximum Gasteiger partial charge on any atom is 0.0600 e. The molecule has 0 amide bonds. The van der Waals surface area contributed by atoms with Crippen molar-refractivity contribution < 1.29 is 0 Å². The molecule has 2 aromatic rings. The van der Waals surface area contributed by atoms with Gasteiger partial charge in [0, 0.05) is 11.8 Å². The van der Waals surface area contributed by atoms with Gasteiger partial charge in [0.15, 0.2) is 0 Å².